The van der Waals surface area contributed by atoms with E-state index in [1.54, 1.807) is 0 Å². The lowest BCUT2D eigenvalue weighted by Gasteiger charge is -2.50. The molecule has 5 fully saturated rings. The minimum atomic E-state index is -5.10. The Morgan fingerprint density at radius 1 is 0.435 bits per heavy atom. The molecule has 3 amide bonds. The predicted molar refractivity (Wildman–Crippen MR) is 212 cm³/mol. The van der Waals surface area contributed by atoms with Gasteiger partial charge in [-0.1, -0.05) is 0 Å². The molecule has 0 aromatic carbocycles. The summed E-state index contributed by atoms with van der Waals surface area (Å²) in [6, 6.07) is -5.03. The van der Waals surface area contributed by atoms with E-state index in [1.807, 2.05) is 0 Å². The van der Waals surface area contributed by atoms with E-state index in [9.17, 15) is 89.2 Å². The van der Waals surface area contributed by atoms with Gasteiger partial charge in [-0.3, -0.25) is 18.9 Å². The molecule has 5 aliphatic heterocycles. The largest absolute Gasteiger partial charge is 0.397 e. The third-order valence-corrected chi connectivity index (χ3v) is 12.2. The van der Waals surface area contributed by atoms with Crippen molar-refractivity contribution in [1.82, 2.24) is 16.0 Å². The molecule has 5 rings (SSSR count). The first-order chi connectivity index (χ1) is 32.3. The molecule has 0 unspecified atom stereocenters. The first kappa shape index (κ1) is 57.3. The Bertz CT molecular complexity index is 1810. The number of ether oxygens (including phenoxy) is 9. The zero-order valence-electron chi connectivity index (χ0n) is 36.8. The van der Waals surface area contributed by atoms with Crippen molar-refractivity contribution in [3.8, 4) is 0 Å². The van der Waals surface area contributed by atoms with Crippen LogP contribution >= 0.6 is 0 Å². The summed E-state index contributed by atoms with van der Waals surface area (Å²) in [5.41, 5.74) is 0. The Morgan fingerprint density at radius 3 is 1.26 bits per heavy atom. The quantitative estimate of drug-likeness (QED) is 0.0567. The topological polar surface area (TPSA) is 497 Å². The van der Waals surface area contributed by atoms with E-state index < -0.39 is 214 Å². The molecule has 0 saturated carbocycles. The zero-order valence-corrected chi connectivity index (χ0v) is 37.6. The summed E-state index contributed by atoms with van der Waals surface area (Å²) < 4.78 is 86.7. The molecule has 33 heteroatoms. The molecule has 5 saturated heterocycles. The number of hydrogen-bond acceptors (Lipinski definition) is 28. The van der Waals surface area contributed by atoms with Crippen LogP contribution in [0.4, 0.5) is 0 Å². The maximum Gasteiger partial charge on any atom is 0.397 e. The molecular weight excluding hydrogens is 970 g/mol. The molecule has 0 bridgehead atoms. The Labute approximate surface area is 391 Å². The molecule has 5 heterocycles. The van der Waals surface area contributed by atoms with Gasteiger partial charge < -0.3 is 125 Å². The highest BCUT2D eigenvalue weighted by molar-refractivity contribution is 7.80. The van der Waals surface area contributed by atoms with Gasteiger partial charge in [-0.25, -0.2) is 4.18 Å². The van der Waals surface area contributed by atoms with E-state index in [-0.39, 0.29) is 0 Å². The molecule has 0 radical (unpaired) electrons. The highest BCUT2D eigenvalue weighted by Crippen LogP contribution is 2.36. The third kappa shape index (κ3) is 13.5. The van der Waals surface area contributed by atoms with Crippen LogP contribution in [0.3, 0.4) is 0 Å². The minimum absolute atomic E-state index is 0.725. The lowest BCUT2D eigenvalue weighted by molar-refractivity contribution is -0.380. The van der Waals surface area contributed by atoms with Crippen molar-refractivity contribution >= 4 is 28.1 Å². The van der Waals surface area contributed by atoms with E-state index in [1.165, 1.54) is 0 Å². The molecule has 5 aliphatic rings. The van der Waals surface area contributed by atoms with Crippen molar-refractivity contribution in [2.45, 2.75) is 174 Å². The second kappa shape index (κ2) is 24.4. The van der Waals surface area contributed by atoms with Crippen LogP contribution in [0.25, 0.3) is 0 Å². The Balaban J connectivity index is 1.37. The maximum absolute atomic E-state index is 12.5. The molecule has 0 spiro atoms. The van der Waals surface area contributed by atoms with Gasteiger partial charge in [-0.15, -0.1) is 0 Å². The van der Waals surface area contributed by atoms with E-state index in [4.69, 9.17) is 47.2 Å². The molecule has 17 N–H and O–H groups in total. The van der Waals surface area contributed by atoms with Crippen LogP contribution in [-0.2, 0) is 71.6 Å². The molecule has 400 valence electrons. The van der Waals surface area contributed by atoms with Crippen LogP contribution in [0.5, 0.6) is 0 Å². The van der Waals surface area contributed by atoms with Crippen molar-refractivity contribution in [2.24, 2.45) is 0 Å². The Hall–Kier alpha value is -2.60. The van der Waals surface area contributed by atoms with Crippen molar-refractivity contribution in [3.05, 3.63) is 0 Å². The number of nitrogens with one attached hydrogen (secondary N) is 3. The van der Waals surface area contributed by atoms with Gasteiger partial charge in [0, 0.05) is 20.8 Å². The fourth-order valence-electron chi connectivity index (χ4n) is 8.38. The first-order valence-corrected chi connectivity index (χ1v) is 22.6. The van der Waals surface area contributed by atoms with Gasteiger partial charge in [0.15, 0.2) is 31.5 Å². The average molecular weight is 1030 g/mol. The zero-order chi connectivity index (χ0) is 51.4. The lowest BCUT2D eigenvalue weighted by atomic mass is 9.93. The van der Waals surface area contributed by atoms with Crippen LogP contribution < -0.4 is 16.0 Å². The van der Waals surface area contributed by atoms with Gasteiger partial charge in [0.1, 0.15) is 122 Å². The van der Waals surface area contributed by atoms with Gasteiger partial charge in [0.25, 0.3) is 0 Å². The Morgan fingerprint density at radius 2 is 0.812 bits per heavy atom. The molecule has 25 atom stereocenters. The molecule has 0 aromatic heterocycles. The third-order valence-electron chi connectivity index (χ3n) is 11.7. The first-order valence-electron chi connectivity index (χ1n) is 21.2. The maximum atomic E-state index is 12.5. The monoisotopic (exact) mass is 1030 g/mol. The highest BCUT2D eigenvalue weighted by atomic mass is 32.3. The molecule has 0 aliphatic carbocycles. The van der Waals surface area contributed by atoms with E-state index >= 15 is 0 Å². The van der Waals surface area contributed by atoms with Gasteiger partial charge in [0.05, 0.1) is 33.0 Å². The molecule has 32 nitrogen and oxygen atoms in total. The summed E-state index contributed by atoms with van der Waals surface area (Å²) in [6.07, 6.45) is -42.0. The fourth-order valence-corrected chi connectivity index (χ4v) is 8.69. The van der Waals surface area contributed by atoms with E-state index in [2.05, 4.69) is 20.1 Å². The SMILES string of the molecule is CC(=O)N[C@@H]1[C@@H](O[C@@H]2O[C@H](CO)[C@@H](O[C@@H]3O[C@H](CO)[C@H](O)[C@H](O[C@@H]4O[C@H](CO)[C@@H](O[C@@H]5O[C@H](COS(=O)(=O)O)[C@H](O)[C@H](O)[C@H]5O)[C@H](O)[C@H]4NC(C)=O)[C@H]3O)[C@H](O)[C@H]2NC(C)=O)[C@@H](O)[C@@H](CO)O[C@H]1O. The number of hydrogen-bond donors (Lipinski definition) is 17. The van der Waals surface area contributed by atoms with Gasteiger partial charge >= 0.3 is 10.4 Å². The van der Waals surface area contributed by atoms with E-state index in [0.29, 0.717) is 0 Å². The smallest absolute Gasteiger partial charge is 0.394 e. The molecule has 0 aromatic rings. The summed E-state index contributed by atoms with van der Waals surface area (Å²) in [6.45, 7) is -1.99. The number of rotatable bonds is 18. The summed E-state index contributed by atoms with van der Waals surface area (Å²) in [4.78, 5) is 36.9. The standard InChI is InChI=1S/C36H61N3O29S/c1-9(44)37-17-23(50)29(15(7-43)62-33(17)67-30-19(39-11(3)46)32(55)60-12(4-40)21(30)48)66-36-27(54)31(22(49)13(5-41)61-36)68-34-18(38-10(2)45)24(51)28(14(6-42)63-34)65-35-26(53)25(52)20(47)16(64-35)8-59-69(56,57)58/h12-36,40-43,47-55H,4-8H2,1-3H3,(H,37,44)(H,38,45)(H,39,46)(H,56,57,58)/t12-,13-,14-,15-,16-,17-,18-,19-,20+,21+,22+,23-,24-,25+,26-,27-,28-,29-,30-,31+,32-,33+,34+,35+,36+/m1/s1. The second-order valence-corrected chi connectivity index (χ2v) is 17.8. The van der Waals surface area contributed by atoms with Crippen molar-refractivity contribution in [1.29, 1.82) is 0 Å². The number of aliphatic hydroxyl groups excluding tert-OH is 13. The number of amides is 3. The van der Waals surface area contributed by atoms with Crippen LogP contribution in [0, 0.1) is 0 Å². The van der Waals surface area contributed by atoms with Crippen LogP contribution in [0.15, 0.2) is 0 Å². The number of carbonyl (C=O) groups excluding carboxylic acids is 3. The highest BCUT2D eigenvalue weighted by Gasteiger charge is 2.57. The van der Waals surface area contributed by atoms with Gasteiger partial charge in [0.2, 0.25) is 17.7 Å². The summed E-state index contributed by atoms with van der Waals surface area (Å²) in [5.74, 6) is -2.40. The van der Waals surface area contributed by atoms with Gasteiger partial charge in [-0.2, -0.15) is 8.42 Å². The predicted octanol–water partition coefficient (Wildman–Crippen LogP) is -11.7. The van der Waals surface area contributed by atoms with Gasteiger partial charge in [-0.05, 0) is 0 Å². The second-order valence-electron chi connectivity index (χ2n) is 16.7. The van der Waals surface area contributed by atoms with Crippen molar-refractivity contribution in [3.63, 3.8) is 0 Å². The minimum Gasteiger partial charge on any atom is -0.394 e. The van der Waals surface area contributed by atoms with Crippen molar-refractivity contribution < 1.29 is 141 Å². The van der Waals surface area contributed by atoms with Crippen LogP contribution in [0.2, 0.25) is 0 Å². The van der Waals surface area contributed by atoms with Crippen molar-refractivity contribution in [2.75, 3.05) is 33.0 Å². The summed E-state index contributed by atoms with van der Waals surface area (Å²) in [7, 11) is -5.10. The number of carbonyl (C=O) groups is 3. The number of aliphatic hydroxyl groups is 13. The van der Waals surface area contributed by atoms with Crippen LogP contribution in [0.1, 0.15) is 20.8 Å². The summed E-state index contributed by atoms with van der Waals surface area (Å²) >= 11 is 0. The molecular formula is C36H61N3O29S. The van der Waals surface area contributed by atoms with E-state index in [0.717, 1.165) is 20.8 Å². The lowest BCUT2D eigenvalue weighted by Crippen LogP contribution is -2.71. The van der Waals surface area contributed by atoms with Crippen LogP contribution in [-0.4, -0.2) is 283 Å². The summed E-state index contributed by atoms with van der Waals surface area (Å²) in [5, 5.41) is 147. The molecule has 69 heavy (non-hydrogen) atoms. The normalized spacial score (nSPS) is 45.3. The average Bonchev–Trinajstić information content (AvgIpc) is 3.28. The fraction of sp³-hybridized carbons (Fsp3) is 0.917. The Kier molecular flexibility index (Phi) is 20.3.